The number of nitrogens with zero attached hydrogens (tertiary/aromatic N) is 2. The summed E-state index contributed by atoms with van der Waals surface area (Å²) < 4.78 is 11.6. The lowest BCUT2D eigenvalue weighted by Gasteiger charge is -2.24. The van der Waals surface area contributed by atoms with Crippen LogP contribution < -0.4 is 15.2 Å². The van der Waals surface area contributed by atoms with Gasteiger partial charge in [-0.1, -0.05) is 12.1 Å². The van der Waals surface area contributed by atoms with E-state index in [-0.39, 0.29) is 17.9 Å². The first kappa shape index (κ1) is 15.6. The van der Waals surface area contributed by atoms with Crippen LogP contribution in [0.2, 0.25) is 0 Å². The fourth-order valence-corrected chi connectivity index (χ4v) is 3.70. The maximum atomic E-state index is 9.62. The van der Waals surface area contributed by atoms with Crippen LogP contribution in [-0.4, -0.2) is 16.3 Å². The topological polar surface area (TPSA) is 97.0 Å². The minimum absolute atomic E-state index is 0.105. The van der Waals surface area contributed by atoms with Gasteiger partial charge >= 0.3 is 0 Å². The van der Waals surface area contributed by atoms with Gasteiger partial charge in [0.15, 0.2) is 0 Å². The second-order valence-corrected chi connectivity index (χ2v) is 6.59. The van der Waals surface area contributed by atoms with Crippen LogP contribution in [0.15, 0.2) is 35.7 Å². The molecule has 3 N–H and O–H groups in total. The molecule has 6 heteroatoms. The van der Waals surface area contributed by atoms with Gasteiger partial charge in [-0.05, 0) is 50.3 Å². The SMILES string of the molecule is Cc1[nH]nc2c1[C@H](c1cccc(OC3CCCC3)c1)C(C#N)=C(N)O2. The van der Waals surface area contributed by atoms with E-state index < -0.39 is 0 Å². The summed E-state index contributed by atoms with van der Waals surface area (Å²) in [6.45, 7) is 1.91. The molecule has 1 aliphatic carbocycles. The van der Waals surface area contributed by atoms with Crippen LogP contribution in [0.3, 0.4) is 0 Å². The molecular formula is C19H20N4O2. The number of nitriles is 1. The van der Waals surface area contributed by atoms with E-state index in [9.17, 15) is 5.26 Å². The Kier molecular flexibility index (Phi) is 3.85. The van der Waals surface area contributed by atoms with Crippen molar-refractivity contribution in [2.45, 2.75) is 44.6 Å². The molecule has 2 aliphatic rings. The lowest BCUT2D eigenvalue weighted by atomic mass is 9.84. The van der Waals surface area contributed by atoms with Crippen LogP contribution in [0.4, 0.5) is 0 Å². The Hall–Kier alpha value is -2.94. The Morgan fingerprint density at radius 2 is 2.16 bits per heavy atom. The summed E-state index contributed by atoms with van der Waals surface area (Å²) >= 11 is 0. The molecule has 6 nitrogen and oxygen atoms in total. The first-order valence-corrected chi connectivity index (χ1v) is 8.56. The van der Waals surface area contributed by atoms with Gasteiger partial charge in [-0.2, -0.15) is 5.26 Å². The number of rotatable bonds is 3. The number of benzene rings is 1. The number of allylic oxidation sites excluding steroid dienone is 1. The number of aromatic amines is 1. The van der Waals surface area contributed by atoms with Gasteiger partial charge in [0, 0.05) is 11.3 Å². The van der Waals surface area contributed by atoms with Crippen molar-refractivity contribution in [1.82, 2.24) is 10.2 Å². The average molecular weight is 336 g/mol. The molecule has 25 heavy (non-hydrogen) atoms. The molecule has 128 valence electrons. The molecule has 2 heterocycles. The summed E-state index contributed by atoms with van der Waals surface area (Å²) in [4.78, 5) is 0. The first-order valence-electron chi connectivity index (χ1n) is 8.56. The summed E-state index contributed by atoms with van der Waals surface area (Å²) in [5.41, 5.74) is 9.02. The summed E-state index contributed by atoms with van der Waals surface area (Å²) in [7, 11) is 0. The Bertz CT molecular complexity index is 872. The number of hydrogen-bond acceptors (Lipinski definition) is 5. The van der Waals surface area contributed by atoms with Crippen molar-refractivity contribution in [1.29, 1.82) is 5.26 Å². The number of aryl methyl sites for hydroxylation is 1. The monoisotopic (exact) mass is 336 g/mol. The minimum Gasteiger partial charge on any atom is -0.490 e. The quantitative estimate of drug-likeness (QED) is 0.896. The predicted octanol–water partition coefficient (Wildman–Crippen LogP) is 3.26. The normalized spacial score (nSPS) is 20.1. The van der Waals surface area contributed by atoms with Gasteiger partial charge in [0.05, 0.1) is 12.0 Å². The smallest absolute Gasteiger partial charge is 0.244 e. The molecule has 0 radical (unpaired) electrons. The van der Waals surface area contributed by atoms with E-state index in [1.807, 2.05) is 31.2 Å². The van der Waals surface area contributed by atoms with E-state index >= 15 is 0 Å². The maximum absolute atomic E-state index is 9.62. The molecule has 2 aromatic rings. The highest BCUT2D eigenvalue weighted by molar-refractivity contribution is 5.55. The third-order valence-electron chi connectivity index (χ3n) is 4.93. The molecule has 1 aliphatic heterocycles. The van der Waals surface area contributed by atoms with Crippen molar-refractivity contribution in [3.8, 4) is 17.7 Å². The zero-order chi connectivity index (χ0) is 17.4. The van der Waals surface area contributed by atoms with Gasteiger partial charge in [-0.15, -0.1) is 5.10 Å². The molecule has 0 amide bonds. The molecule has 1 saturated carbocycles. The van der Waals surface area contributed by atoms with Crippen LogP contribution in [0, 0.1) is 18.3 Å². The van der Waals surface area contributed by atoms with Crippen LogP contribution in [-0.2, 0) is 0 Å². The van der Waals surface area contributed by atoms with E-state index in [2.05, 4.69) is 16.3 Å². The van der Waals surface area contributed by atoms with Crippen molar-refractivity contribution in [2.24, 2.45) is 5.73 Å². The number of ether oxygens (including phenoxy) is 2. The Morgan fingerprint density at radius 1 is 1.36 bits per heavy atom. The molecule has 0 unspecified atom stereocenters. The third-order valence-corrected chi connectivity index (χ3v) is 4.93. The van der Waals surface area contributed by atoms with E-state index in [4.69, 9.17) is 15.2 Å². The van der Waals surface area contributed by atoms with Crippen LogP contribution in [0.1, 0.15) is 48.4 Å². The standard InChI is InChI=1S/C19H20N4O2/c1-11-16-17(15(10-20)18(21)25-19(16)23-22-11)12-5-4-8-14(9-12)24-13-6-2-3-7-13/h4-5,8-9,13,17H,2-3,6-7,21H2,1H3,(H,22,23)/t17-/m1/s1. The summed E-state index contributed by atoms with van der Waals surface area (Å²) in [5, 5.41) is 16.7. The molecule has 1 aromatic heterocycles. The fraction of sp³-hybridized carbons (Fsp3) is 0.368. The third kappa shape index (κ3) is 2.72. The number of aromatic nitrogens is 2. The van der Waals surface area contributed by atoms with Crippen molar-refractivity contribution >= 4 is 0 Å². The lowest BCUT2D eigenvalue weighted by Crippen LogP contribution is -2.21. The van der Waals surface area contributed by atoms with Gasteiger partial charge in [-0.3, -0.25) is 5.10 Å². The van der Waals surface area contributed by atoms with Gasteiger partial charge in [-0.25, -0.2) is 0 Å². The highest BCUT2D eigenvalue weighted by Crippen LogP contribution is 2.43. The second-order valence-electron chi connectivity index (χ2n) is 6.59. The Morgan fingerprint density at radius 3 is 2.92 bits per heavy atom. The van der Waals surface area contributed by atoms with Crippen LogP contribution in [0.5, 0.6) is 11.6 Å². The molecular weight excluding hydrogens is 316 g/mol. The minimum atomic E-state index is -0.306. The van der Waals surface area contributed by atoms with Gasteiger partial charge in [0.1, 0.15) is 17.4 Å². The molecule has 1 aromatic carbocycles. The average Bonchev–Trinajstić information content (AvgIpc) is 3.24. The van der Waals surface area contributed by atoms with Crippen LogP contribution >= 0.6 is 0 Å². The maximum Gasteiger partial charge on any atom is 0.244 e. The molecule has 1 atom stereocenters. The first-order chi connectivity index (χ1) is 12.2. The van der Waals surface area contributed by atoms with Gasteiger partial charge < -0.3 is 15.2 Å². The van der Waals surface area contributed by atoms with Crippen molar-refractivity contribution in [3.05, 3.63) is 52.5 Å². The Labute approximate surface area is 146 Å². The lowest BCUT2D eigenvalue weighted by molar-refractivity contribution is 0.210. The van der Waals surface area contributed by atoms with Crippen molar-refractivity contribution in [3.63, 3.8) is 0 Å². The zero-order valence-corrected chi connectivity index (χ0v) is 14.1. The van der Waals surface area contributed by atoms with E-state index in [0.29, 0.717) is 11.5 Å². The predicted molar refractivity (Wildman–Crippen MR) is 91.9 cm³/mol. The highest BCUT2D eigenvalue weighted by atomic mass is 16.5. The number of nitrogens with one attached hydrogen (secondary N) is 1. The number of fused-ring (bicyclic) bond motifs is 1. The molecule has 0 spiro atoms. The van der Waals surface area contributed by atoms with Crippen molar-refractivity contribution < 1.29 is 9.47 Å². The highest BCUT2D eigenvalue weighted by Gasteiger charge is 2.34. The van der Waals surface area contributed by atoms with Crippen LogP contribution in [0.25, 0.3) is 0 Å². The molecule has 1 fully saturated rings. The fourth-order valence-electron chi connectivity index (χ4n) is 3.70. The van der Waals surface area contributed by atoms with Gasteiger partial charge in [0.2, 0.25) is 11.8 Å². The van der Waals surface area contributed by atoms with E-state index in [0.717, 1.165) is 35.4 Å². The number of H-pyrrole nitrogens is 1. The largest absolute Gasteiger partial charge is 0.490 e. The molecule has 0 saturated heterocycles. The second kappa shape index (κ2) is 6.17. The summed E-state index contributed by atoms with van der Waals surface area (Å²) in [5.74, 6) is 1.06. The van der Waals surface area contributed by atoms with E-state index in [1.165, 1.54) is 12.8 Å². The van der Waals surface area contributed by atoms with Crippen molar-refractivity contribution in [2.75, 3.05) is 0 Å². The Balaban J connectivity index is 1.74. The van der Waals surface area contributed by atoms with Gasteiger partial charge in [0.25, 0.3) is 0 Å². The zero-order valence-electron chi connectivity index (χ0n) is 14.1. The number of hydrogen-bond donors (Lipinski definition) is 2. The molecule has 0 bridgehead atoms. The summed E-state index contributed by atoms with van der Waals surface area (Å²) in [6, 6.07) is 10.1. The molecule has 4 rings (SSSR count). The number of nitrogens with two attached hydrogens (primary N) is 1. The summed E-state index contributed by atoms with van der Waals surface area (Å²) in [6.07, 6.45) is 4.93. The van der Waals surface area contributed by atoms with E-state index in [1.54, 1.807) is 0 Å².